The molecule has 1 aliphatic carbocycles. The lowest BCUT2D eigenvalue weighted by molar-refractivity contribution is -0.137. The first kappa shape index (κ1) is 19.0. The van der Waals surface area contributed by atoms with Gasteiger partial charge in [-0.2, -0.15) is 13.2 Å². The van der Waals surface area contributed by atoms with Gasteiger partial charge >= 0.3 is 12.1 Å². The number of hydrogen-bond acceptors (Lipinski definition) is 4. The number of carbonyl (C=O) groups is 1. The van der Waals surface area contributed by atoms with Crippen LogP contribution < -0.4 is 11.3 Å². The lowest BCUT2D eigenvalue weighted by Gasteiger charge is -2.19. The molecule has 0 aliphatic heterocycles. The maximum absolute atomic E-state index is 13.3. The van der Waals surface area contributed by atoms with Crippen LogP contribution in [0.1, 0.15) is 40.2 Å². The van der Waals surface area contributed by atoms with Crippen LogP contribution >= 0.6 is 0 Å². The smallest absolute Gasteiger partial charge is 0.416 e. The summed E-state index contributed by atoms with van der Waals surface area (Å²) < 4.78 is 45.8. The molecule has 0 saturated heterocycles. The minimum atomic E-state index is -4.60. The highest BCUT2D eigenvalue weighted by molar-refractivity contribution is 6.04. The maximum atomic E-state index is 13.3. The summed E-state index contributed by atoms with van der Waals surface area (Å²) in [5.74, 6) is -0.718. The fraction of sp³-hybridized carbons (Fsp3) is 0.238. The number of methoxy groups -OCH3 is 1. The molecule has 2 N–H and O–H groups in total. The van der Waals surface area contributed by atoms with Gasteiger partial charge in [0.25, 0.3) is 5.56 Å². The van der Waals surface area contributed by atoms with Crippen LogP contribution in [-0.4, -0.2) is 17.6 Å². The average Bonchev–Trinajstić information content (AvgIpc) is 3.52. The normalized spacial score (nSPS) is 14.2. The summed E-state index contributed by atoms with van der Waals surface area (Å²) in [6.45, 7) is 0. The Morgan fingerprint density at radius 3 is 2.48 bits per heavy atom. The molecule has 1 heterocycles. The summed E-state index contributed by atoms with van der Waals surface area (Å²) >= 11 is 0. The third kappa shape index (κ3) is 3.14. The van der Waals surface area contributed by atoms with Crippen molar-refractivity contribution < 1.29 is 22.7 Å². The number of nitrogens with zero attached hydrogens (tertiary/aromatic N) is 1. The van der Waals surface area contributed by atoms with E-state index in [0.29, 0.717) is 5.69 Å². The van der Waals surface area contributed by atoms with Crippen LogP contribution in [0.5, 0.6) is 0 Å². The second kappa shape index (κ2) is 6.65. The van der Waals surface area contributed by atoms with Crippen molar-refractivity contribution in [3.05, 3.63) is 69.5 Å². The monoisotopic (exact) mass is 402 g/mol. The average molecular weight is 402 g/mol. The zero-order chi connectivity index (χ0) is 20.9. The number of hydrogen-bond donors (Lipinski definition) is 1. The third-order valence-electron chi connectivity index (χ3n) is 5.13. The predicted molar refractivity (Wildman–Crippen MR) is 102 cm³/mol. The maximum Gasteiger partial charge on any atom is 0.416 e. The number of pyridine rings is 1. The molecule has 0 bridgehead atoms. The number of benzene rings is 2. The number of alkyl halides is 3. The second-order valence-electron chi connectivity index (χ2n) is 6.98. The van der Waals surface area contributed by atoms with Crippen molar-refractivity contribution in [2.45, 2.75) is 24.9 Å². The van der Waals surface area contributed by atoms with Crippen LogP contribution in [0.25, 0.3) is 16.6 Å². The van der Waals surface area contributed by atoms with Gasteiger partial charge in [-0.1, -0.05) is 24.3 Å². The van der Waals surface area contributed by atoms with Gasteiger partial charge in [-0.15, -0.1) is 0 Å². The molecular formula is C21H17F3N2O3. The standard InChI is InChI=1S/C21H17F3N2O3/c1-29-20(28)17-18(25)14-9-8-12(21(22,23)24)10-16(14)26(19(17)27)15-5-3-2-4-13(15)11-6-7-11/h2-5,8-11H,6-7,25H2,1H3. The van der Waals surface area contributed by atoms with Crippen LogP contribution in [0.15, 0.2) is 47.3 Å². The molecule has 150 valence electrons. The van der Waals surface area contributed by atoms with E-state index < -0.39 is 28.8 Å². The third-order valence-corrected chi connectivity index (χ3v) is 5.13. The van der Waals surface area contributed by atoms with E-state index in [0.717, 1.165) is 42.2 Å². The van der Waals surface area contributed by atoms with Crippen molar-refractivity contribution >= 4 is 22.6 Å². The van der Waals surface area contributed by atoms with Crippen LogP contribution in [-0.2, 0) is 10.9 Å². The molecule has 1 fully saturated rings. The molecule has 0 unspecified atom stereocenters. The molecule has 3 aromatic rings. The Morgan fingerprint density at radius 1 is 1.17 bits per heavy atom. The number of carbonyl (C=O) groups excluding carboxylic acids is 1. The van der Waals surface area contributed by atoms with Crippen molar-refractivity contribution in [1.29, 1.82) is 0 Å². The summed E-state index contributed by atoms with van der Waals surface area (Å²) in [5.41, 5.74) is 4.97. The van der Waals surface area contributed by atoms with Crippen LogP contribution in [0, 0.1) is 0 Å². The number of halogens is 3. The van der Waals surface area contributed by atoms with E-state index in [1.165, 1.54) is 6.07 Å². The van der Waals surface area contributed by atoms with Gasteiger partial charge in [-0.25, -0.2) is 4.79 Å². The first-order valence-corrected chi connectivity index (χ1v) is 8.97. The molecule has 0 amide bonds. The summed E-state index contributed by atoms with van der Waals surface area (Å²) in [6.07, 6.45) is -2.74. The number of rotatable bonds is 3. The Balaban J connectivity index is 2.16. The van der Waals surface area contributed by atoms with E-state index in [-0.39, 0.29) is 22.5 Å². The molecule has 1 saturated carbocycles. The summed E-state index contributed by atoms with van der Waals surface area (Å²) in [4.78, 5) is 25.5. The predicted octanol–water partition coefficient (Wildman–Crippen LogP) is 4.26. The molecule has 1 aromatic heterocycles. The van der Waals surface area contributed by atoms with Crippen molar-refractivity contribution in [2.24, 2.45) is 0 Å². The largest absolute Gasteiger partial charge is 0.465 e. The minimum Gasteiger partial charge on any atom is -0.465 e. The number of esters is 1. The van der Waals surface area contributed by atoms with Gasteiger partial charge in [0.1, 0.15) is 5.56 Å². The molecule has 2 aromatic carbocycles. The Hall–Kier alpha value is -3.29. The zero-order valence-electron chi connectivity index (χ0n) is 15.4. The number of fused-ring (bicyclic) bond motifs is 1. The molecule has 0 radical (unpaired) electrons. The highest BCUT2D eigenvalue weighted by Crippen LogP contribution is 2.43. The Morgan fingerprint density at radius 2 is 1.86 bits per heavy atom. The number of nitrogens with two attached hydrogens (primary N) is 1. The van der Waals surface area contributed by atoms with Crippen LogP contribution in [0.2, 0.25) is 0 Å². The zero-order valence-corrected chi connectivity index (χ0v) is 15.4. The molecule has 0 spiro atoms. The summed E-state index contributed by atoms with van der Waals surface area (Å²) in [6, 6.07) is 9.94. The van der Waals surface area contributed by atoms with Gasteiger partial charge in [-0.3, -0.25) is 9.36 Å². The van der Waals surface area contributed by atoms with Crippen LogP contribution in [0.3, 0.4) is 0 Å². The van der Waals surface area contributed by atoms with E-state index in [1.54, 1.807) is 12.1 Å². The number of nitrogen functional groups attached to an aromatic ring is 1. The molecule has 1 aliphatic rings. The fourth-order valence-electron chi connectivity index (χ4n) is 3.56. The van der Waals surface area contributed by atoms with Crippen molar-refractivity contribution in [1.82, 2.24) is 4.57 Å². The van der Waals surface area contributed by atoms with E-state index in [4.69, 9.17) is 10.5 Å². The molecular weight excluding hydrogens is 385 g/mol. The molecule has 0 atom stereocenters. The Bertz CT molecular complexity index is 1190. The van der Waals surface area contributed by atoms with Gasteiger partial charge in [0.2, 0.25) is 0 Å². The first-order valence-electron chi connectivity index (χ1n) is 8.97. The van der Waals surface area contributed by atoms with E-state index in [1.807, 2.05) is 12.1 Å². The summed E-state index contributed by atoms with van der Waals surface area (Å²) in [5, 5.41) is 0.170. The van der Waals surface area contributed by atoms with Crippen molar-refractivity contribution in [3.8, 4) is 5.69 Å². The molecule has 8 heteroatoms. The molecule has 5 nitrogen and oxygen atoms in total. The van der Waals surface area contributed by atoms with Gasteiger partial charge in [0.15, 0.2) is 0 Å². The van der Waals surface area contributed by atoms with Crippen molar-refractivity contribution in [2.75, 3.05) is 12.8 Å². The highest BCUT2D eigenvalue weighted by Gasteiger charge is 2.33. The van der Waals surface area contributed by atoms with Gasteiger partial charge in [0.05, 0.1) is 29.6 Å². The summed E-state index contributed by atoms with van der Waals surface area (Å²) in [7, 11) is 1.11. The highest BCUT2D eigenvalue weighted by atomic mass is 19.4. The van der Waals surface area contributed by atoms with Crippen LogP contribution in [0.4, 0.5) is 18.9 Å². The molecule has 29 heavy (non-hydrogen) atoms. The van der Waals surface area contributed by atoms with E-state index in [2.05, 4.69) is 0 Å². The number of aromatic nitrogens is 1. The number of para-hydroxylation sites is 1. The number of anilines is 1. The minimum absolute atomic E-state index is 0.0110. The quantitative estimate of drug-likeness (QED) is 0.665. The first-order chi connectivity index (χ1) is 13.7. The SMILES string of the molecule is COC(=O)c1c(N)c2ccc(C(F)(F)F)cc2n(-c2ccccc2C2CC2)c1=O. The lowest BCUT2D eigenvalue weighted by Crippen LogP contribution is -2.29. The Labute approximate surface area is 163 Å². The van der Waals surface area contributed by atoms with E-state index in [9.17, 15) is 22.8 Å². The van der Waals surface area contributed by atoms with E-state index >= 15 is 0 Å². The fourth-order valence-corrected chi connectivity index (χ4v) is 3.56. The lowest BCUT2D eigenvalue weighted by atomic mass is 10.0. The van der Waals surface area contributed by atoms with Crippen molar-refractivity contribution in [3.63, 3.8) is 0 Å². The van der Waals surface area contributed by atoms with Gasteiger partial charge in [0, 0.05) is 5.39 Å². The Kier molecular flexibility index (Phi) is 4.37. The number of ether oxygens (including phenoxy) is 1. The van der Waals surface area contributed by atoms with Gasteiger partial charge in [-0.05, 0) is 42.5 Å². The molecule has 4 rings (SSSR count). The second-order valence-corrected chi connectivity index (χ2v) is 6.98. The topological polar surface area (TPSA) is 74.3 Å². The van der Waals surface area contributed by atoms with Gasteiger partial charge < -0.3 is 10.5 Å².